The van der Waals surface area contributed by atoms with Crippen LogP contribution in [0.4, 0.5) is 0 Å². The van der Waals surface area contributed by atoms with Crippen LogP contribution in [0.5, 0.6) is 0 Å². The lowest BCUT2D eigenvalue weighted by atomic mass is 9.89. The summed E-state index contributed by atoms with van der Waals surface area (Å²) in [6.07, 6.45) is 0. The molecule has 0 bridgehead atoms. The highest BCUT2D eigenvalue weighted by Gasteiger charge is 2.59. The summed E-state index contributed by atoms with van der Waals surface area (Å²) in [4.78, 5) is 42.0. The van der Waals surface area contributed by atoms with Gasteiger partial charge in [-0.15, -0.1) is 0 Å². The Morgan fingerprint density at radius 3 is 2.09 bits per heavy atom. The van der Waals surface area contributed by atoms with Crippen LogP contribution in [0, 0.1) is 13.8 Å². The maximum atomic E-state index is 13.0. The molecule has 116 valence electrons. The van der Waals surface area contributed by atoms with Crippen molar-refractivity contribution in [3.63, 3.8) is 0 Å². The van der Waals surface area contributed by atoms with E-state index in [1.807, 2.05) is 0 Å². The van der Waals surface area contributed by atoms with Gasteiger partial charge in [-0.3, -0.25) is 19.4 Å². The van der Waals surface area contributed by atoms with Crippen molar-refractivity contribution in [1.82, 2.24) is 4.98 Å². The molecule has 23 heavy (non-hydrogen) atoms. The van der Waals surface area contributed by atoms with Crippen molar-refractivity contribution < 1.29 is 19.1 Å². The van der Waals surface area contributed by atoms with Gasteiger partial charge in [-0.1, -0.05) is 30.3 Å². The Bertz CT molecular complexity index is 819. The Morgan fingerprint density at radius 1 is 1.00 bits per heavy atom. The van der Waals surface area contributed by atoms with Crippen LogP contribution >= 0.6 is 0 Å². The number of pyridine rings is 1. The first-order valence-corrected chi connectivity index (χ1v) is 7.21. The maximum absolute atomic E-state index is 13.0. The first kappa shape index (κ1) is 15.1. The van der Waals surface area contributed by atoms with Crippen molar-refractivity contribution in [3.8, 4) is 0 Å². The van der Waals surface area contributed by atoms with Gasteiger partial charge >= 0.3 is 5.97 Å². The van der Waals surface area contributed by atoms with Gasteiger partial charge in [-0.2, -0.15) is 0 Å². The molecule has 1 aliphatic carbocycles. The minimum atomic E-state index is -2.02. The van der Waals surface area contributed by atoms with E-state index in [1.165, 1.54) is 6.92 Å². The zero-order valence-electron chi connectivity index (χ0n) is 13.0. The van der Waals surface area contributed by atoms with Crippen LogP contribution in [0.2, 0.25) is 0 Å². The van der Waals surface area contributed by atoms with Gasteiger partial charge in [-0.05, 0) is 25.5 Å². The van der Waals surface area contributed by atoms with E-state index in [0.717, 1.165) is 0 Å². The zero-order chi connectivity index (χ0) is 16.8. The fourth-order valence-electron chi connectivity index (χ4n) is 2.92. The number of ether oxygens (including phenoxy) is 1. The first-order valence-electron chi connectivity index (χ1n) is 7.21. The predicted octanol–water partition coefficient (Wildman–Crippen LogP) is 2.54. The smallest absolute Gasteiger partial charge is 0.304 e. The molecule has 1 heterocycles. The summed E-state index contributed by atoms with van der Waals surface area (Å²) in [6, 6.07) is 10.00. The van der Waals surface area contributed by atoms with Crippen molar-refractivity contribution in [2.75, 3.05) is 0 Å². The third-order valence-corrected chi connectivity index (χ3v) is 3.92. The van der Waals surface area contributed by atoms with E-state index in [-0.39, 0.29) is 16.8 Å². The average molecular weight is 309 g/mol. The van der Waals surface area contributed by atoms with Crippen LogP contribution in [-0.2, 0) is 15.1 Å². The van der Waals surface area contributed by atoms with Crippen molar-refractivity contribution >= 4 is 17.5 Å². The van der Waals surface area contributed by atoms with Crippen LogP contribution < -0.4 is 0 Å². The molecule has 0 atom stereocenters. The molecule has 0 saturated heterocycles. The minimum absolute atomic E-state index is 0.180. The van der Waals surface area contributed by atoms with Gasteiger partial charge in [0.05, 0.1) is 0 Å². The van der Waals surface area contributed by atoms with E-state index in [0.29, 0.717) is 11.3 Å². The number of esters is 1. The Hall–Kier alpha value is -2.82. The number of Topliss-reactive ketones (excluding diaryl/α,β-unsaturated/α-hetero) is 2. The Kier molecular flexibility index (Phi) is 3.36. The number of fused-ring (bicyclic) bond motifs is 1. The zero-order valence-corrected chi connectivity index (χ0v) is 13.0. The third kappa shape index (κ3) is 2.08. The van der Waals surface area contributed by atoms with Crippen LogP contribution in [0.25, 0.3) is 0 Å². The summed E-state index contributed by atoms with van der Waals surface area (Å²) in [6.45, 7) is 4.66. The second kappa shape index (κ2) is 5.12. The molecule has 0 radical (unpaired) electrons. The number of ketones is 2. The fourth-order valence-corrected chi connectivity index (χ4v) is 2.92. The van der Waals surface area contributed by atoms with Crippen LogP contribution in [0.3, 0.4) is 0 Å². The molecule has 3 rings (SSSR count). The molecule has 0 spiro atoms. The molecule has 0 saturated carbocycles. The van der Waals surface area contributed by atoms with E-state index in [4.69, 9.17) is 4.74 Å². The summed E-state index contributed by atoms with van der Waals surface area (Å²) >= 11 is 0. The number of aryl methyl sites for hydroxylation is 2. The second-order valence-corrected chi connectivity index (χ2v) is 5.60. The SMILES string of the molecule is CC(=O)OC1(c2nc(C)ccc2C)C(=O)c2ccccc2C1=O. The molecular weight excluding hydrogens is 294 g/mol. The largest absolute Gasteiger partial charge is 0.435 e. The number of hydrogen-bond donors (Lipinski definition) is 0. The molecule has 5 nitrogen and oxygen atoms in total. The molecule has 1 aromatic carbocycles. The highest BCUT2D eigenvalue weighted by molar-refractivity contribution is 6.32. The second-order valence-electron chi connectivity index (χ2n) is 5.60. The highest BCUT2D eigenvalue weighted by atomic mass is 16.6. The van der Waals surface area contributed by atoms with Crippen molar-refractivity contribution in [2.24, 2.45) is 0 Å². The lowest BCUT2D eigenvalue weighted by Crippen LogP contribution is -2.44. The number of carbonyl (C=O) groups is 3. The van der Waals surface area contributed by atoms with Gasteiger partial charge in [0.2, 0.25) is 11.6 Å². The van der Waals surface area contributed by atoms with Crippen LogP contribution in [0.1, 0.15) is 44.6 Å². The molecule has 1 aliphatic rings. The lowest BCUT2D eigenvalue weighted by molar-refractivity contribution is -0.149. The third-order valence-electron chi connectivity index (χ3n) is 3.92. The molecule has 1 aromatic heterocycles. The number of benzene rings is 1. The molecule has 2 aromatic rings. The maximum Gasteiger partial charge on any atom is 0.304 e. The van der Waals surface area contributed by atoms with E-state index in [9.17, 15) is 14.4 Å². The van der Waals surface area contributed by atoms with Gasteiger partial charge < -0.3 is 4.74 Å². The number of hydrogen-bond acceptors (Lipinski definition) is 5. The quantitative estimate of drug-likeness (QED) is 0.629. The normalized spacial score (nSPS) is 15.4. The van der Waals surface area contributed by atoms with Gasteiger partial charge in [0, 0.05) is 23.7 Å². The van der Waals surface area contributed by atoms with E-state index in [2.05, 4.69) is 4.98 Å². The summed E-state index contributed by atoms with van der Waals surface area (Å²) in [7, 11) is 0. The fraction of sp³-hybridized carbons (Fsp3) is 0.222. The predicted molar refractivity (Wildman–Crippen MR) is 82.3 cm³/mol. The molecule has 0 aliphatic heterocycles. The van der Waals surface area contributed by atoms with E-state index in [1.54, 1.807) is 50.2 Å². The van der Waals surface area contributed by atoms with Gasteiger partial charge in [-0.25, -0.2) is 0 Å². The standard InChI is InChI=1S/C18H15NO4/c1-10-8-9-11(2)19-15(10)18(23-12(3)20)16(21)13-6-4-5-7-14(13)17(18)22/h4-9H,1-3H3. The Balaban J connectivity index is 2.33. The van der Waals surface area contributed by atoms with E-state index >= 15 is 0 Å². The van der Waals surface area contributed by atoms with E-state index < -0.39 is 23.1 Å². The van der Waals surface area contributed by atoms with Crippen LogP contribution in [0.15, 0.2) is 36.4 Å². The Labute approximate surface area is 133 Å². The first-order chi connectivity index (χ1) is 10.9. The van der Waals surface area contributed by atoms with Crippen molar-refractivity contribution in [3.05, 3.63) is 64.5 Å². The lowest BCUT2D eigenvalue weighted by Gasteiger charge is -2.26. The molecular formula is C18H15NO4. The van der Waals surface area contributed by atoms with Crippen molar-refractivity contribution in [2.45, 2.75) is 26.4 Å². The average Bonchev–Trinajstić information content (AvgIpc) is 2.72. The number of aromatic nitrogens is 1. The number of rotatable bonds is 2. The molecule has 0 fully saturated rings. The van der Waals surface area contributed by atoms with Gasteiger partial charge in [0.15, 0.2) is 0 Å². The minimum Gasteiger partial charge on any atom is -0.435 e. The molecule has 0 N–H and O–H groups in total. The summed E-state index contributed by atoms with van der Waals surface area (Å²) in [5, 5.41) is 0. The highest BCUT2D eigenvalue weighted by Crippen LogP contribution is 2.41. The molecule has 0 amide bonds. The summed E-state index contributed by atoms with van der Waals surface area (Å²) in [5.74, 6) is -1.80. The van der Waals surface area contributed by atoms with Crippen LogP contribution in [-0.4, -0.2) is 22.5 Å². The van der Waals surface area contributed by atoms with Crippen molar-refractivity contribution in [1.29, 1.82) is 0 Å². The number of nitrogens with zero attached hydrogens (tertiary/aromatic N) is 1. The molecule has 5 heteroatoms. The molecule has 0 unspecified atom stereocenters. The summed E-state index contributed by atoms with van der Waals surface area (Å²) in [5.41, 5.74) is -0.0899. The topological polar surface area (TPSA) is 73.3 Å². The Morgan fingerprint density at radius 2 is 1.57 bits per heavy atom. The number of carbonyl (C=O) groups excluding carboxylic acids is 3. The summed E-state index contributed by atoms with van der Waals surface area (Å²) < 4.78 is 5.33. The van der Waals surface area contributed by atoms with Gasteiger partial charge in [0.25, 0.3) is 5.60 Å². The van der Waals surface area contributed by atoms with Gasteiger partial charge in [0.1, 0.15) is 5.69 Å². The monoisotopic (exact) mass is 309 g/mol.